The monoisotopic (exact) mass is 1660 g/mol. The molecule has 0 saturated heterocycles. The van der Waals surface area contributed by atoms with Gasteiger partial charge in [-0.25, -0.2) is 24.4 Å². The summed E-state index contributed by atoms with van der Waals surface area (Å²) in [6.45, 7) is 6.93. The predicted molar refractivity (Wildman–Crippen MR) is 426 cm³/mol. The molecule has 14 N–H and O–H groups in total. The van der Waals surface area contributed by atoms with Crippen molar-refractivity contribution >= 4 is 93.9 Å². The number of halogens is 4. The van der Waals surface area contributed by atoms with Gasteiger partial charge in [0.1, 0.15) is 44.5 Å². The SMILES string of the molecule is COCC(=O)N[C@@H](Cc1ccc(-c2cc(C)cc(Cl)c2)cc1)C(O)CC(=O)O.COCC(=O)N[C@@H](Cc1ccc(-c2cc(C)cc(Cl)c2)cc1)CC(O)C(=O)O.COCC(=O)N[C@@H](Cc1ccc(-c2cc(C)cc(Cl)c2)cn1)[C@H](O)[C@@H](O)C(=O)O.COCC(=O)N[C@@H](Cc1ncc(-c2cc(C)cc(Cl)c2)cn1)[C@H](O)[C@@H](O)C(=O)O. The summed E-state index contributed by atoms with van der Waals surface area (Å²) < 4.78 is 19.0. The zero-order valence-electron chi connectivity index (χ0n) is 63.5. The molecular weight excluding hydrogens is 1560 g/mol. The van der Waals surface area contributed by atoms with Crippen LogP contribution >= 0.6 is 46.4 Å². The molecule has 33 heteroatoms. The number of amides is 4. The molecule has 0 aliphatic carbocycles. The normalized spacial score (nSPS) is 13.6. The van der Waals surface area contributed by atoms with Gasteiger partial charge in [0.25, 0.3) is 0 Å². The van der Waals surface area contributed by atoms with E-state index in [4.69, 9.17) is 85.8 Å². The molecule has 8 rings (SSSR count). The molecule has 8 aromatic rings. The number of carbonyl (C=O) groups is 8. The lowest BCUT2D eigenvalue weighted by molar-refractivity contribution is -0.155. The van der Waals surface area contributed by atoms with Crippen molar-refractivity contribution < 1.29 is 108 Å². The zero-order chi connectivity index (χ0) is 84.5. The second kappa shape index (κ2) is 47.7. The highest BCUT2D eigenvalue weighted by molar-refractivity contribution is 6.32. The molecule has 2 heterocycles. The minimum absolute atomic E-state index is 0.00974. The topological polar surface area (TPSA) is 463 Å². The number of hydrogen-bond acceptors (Lipinski definition) is 21. The van der Waals surface area contributed by atoms with Crippen LogP contribution in [-0.2, 0) is 83.0 Å². The van der Waals surface area contributed by atoms with Crippen LogP contribution in [0.4, 0.5) is 0 Å². The third kappa shape index (κ3) is 32.9. The van der Waals surface area contributed by atoms with Gasteiger partial charge < -0.3 is 91.3 Å². The molecule has 0 spiro atoms. The van der Waals surface area contributed by atoms with Gasteiger partial charge in [-0.15, -0.1) is 0 Å². The Morgan fingerprint density at radius 2 is 0.719 bits per heavy atom. The van der Waals surface area contributed by atoms with Crippen LogP contribution in [0.2, 0.25) is 20.1 Å². The van der Waals surface area contributed by atoms with Crippen molar-refractivity contribution in [3.63, 3.8) is 0 Å². The lowest BCUT2D eigenvalue weighted by Gasteiger charge is -2.25. The van der Waals surface area contributed by atoms with Gasteiger partial charge in [-0.2, -0.15) is 0 Å². The smallest absolute Gasteiger partial charge is 0.335 e. The molecule has 6 aromatic carbocycles. The number of aliphatic hydroxyl groups is 6. The summed E-state index contributed by atoms with van der Waals surface area (Å²) in [5, 5.41) is 108. The lowest BCUT2D eigenvalue weighted by Crippen LogP contribution is -2.52. The summed E-state index contributed by atoms with van der Waals surface area (Å²) in [5.41, 5.74) is 13.6. The number of carbonyl (C=O) groups excluding carboxylic acids is 4. The molecule has 0 bridgehead atoms. The molecule has 29 nitrogen and oxygen atoms in total. The number of aromatic nitrogens is 3. The number of aryl methyl sites for hydroxylation is 4. The van der Waals surface area contributed by atoms with Crippen LogP contribution in [0.3, 0.4) is 0 Å². The third-order valence-electron chi connectivity index (χ3n) is 16.8. The van der Waals surface area contributed by atoms with Crippen LogP contribution in [0, 0.1) is 27.7 Å². The van der Waals surface area contributed by atoms with E-state index in [0.29, 0.717) is 44.2 Å². The van der Waals surface area contributed by atoms with Crippen molar-refractivity contribution in [2.45, 2.75) is 127 Å². The van der Waals surface area contributed by atoms with Gasteiger partial charge >= 0.3 is 23.9 Å². The zero-order valence-corrected chi connectivity index (χ0v) is 66.5. The van der Waals surface area contributed by atoms with Crippen molar-refractivity contribution in [2.75, 3.05) is 54.9 Å². The minimum atomic E-state index is -2.09. The van der Waals surface area contributed by atoms with Crippen molar-refractivity contribution in [1.82, 2.24) is 36.2 Å². The van der Waals surface area contributed by atoms with Crippen molar-refractivity contribution in [3.05, 3.63) is 217 Å². The number of pyridine rings is 1. The summed E-state index contributed by atoms with van der Waals surface area (Å²) in [4.78, 5) is 104. The van der Waals surface area contributed by atoms with Gasteiger partial charge in [-0.1, -0.05) is 125 Å². The van der Waals surface area contributed by atoms with Crippen LogP contribution < -0.4 is 21.3 Å². The number of methoxy groups -OCH3 is 4. The number of nitrogens with one attached hydrogen (secondary N) is 4. The number of benzene rings is 6. The average Bonchev–Trinajstić information content (AvgIpc) is 0.859. The number of aliphatic hydroxyl groups excluding tert-OH is 6. The fraction of sp³-hybridized carbons (Fsp3) is 0.346. The quantitative estimate of drug-likeness (QED) is 0.0181. The molecule has 0 aliphatic rings. The average molecular weight is 1660 g/mol. The largest absolute Gasteiger partial charge is 0.481 e. The van der Waals surface area contributed by atoms with E-state index in [1.807, 2.05) is 149 Å². The van der Waals surface area contributed by atoms with Crippen LogP contribution in [0.1, 0.15) is 57.7 Å². The van der Waals surface area contributed by atoms with E-state index in [2.05, 4.69) is 36.2 Å². The molecule has 10 atom stereocenters. The summed E-state index contributed by atoms with van der Waals surface area (Å²) >= 11 is 24.4. The van der Waals surface area contributed by atoms with E-state index in [1.165, 1.54) is 28.4 Å². The summed E-state index contributed by atoms with van der Waals surface area (Å²) in [6, 6.07) is 38.1. The van der Waals surface area contributed by atoms with Crippen LogP contribution in [0.25, 0.3) is 44.5 Å². The number of ether oxygens (including phenoxy) is 4. The Morgan fingerprint density at radius 3 is 1.07 bits per heavy atom. The van der Waals surface area contributed by atoms with Gasteiger partial charge in [0.15, 0.2) is 18.3 Å². The third-order valence-corrected chi connectivity index (χ3v) is 17.7. The van der Waals surface area contributed by atoms with E-state index in [1.54, 1.807) is 30.7 Å². The molecule has 0 aliphatic heterocycles. The van der Waals surface area contributed by atoms with Gasteiger partial charge in [-0.3, -0.25) is 29.0 Å². The molecule has 4 amide bonds. The van der Waals surface area contributed by atoms with Crippen LogP contribution in [0.5, 0.6) is 0 Å². The van der Waals surface area contributed by atoms with Gasteiger partial charge in [0, 0.05) is 109 Å². The fourth-order valence-electron chi connectivity index (χ4n) is 11.5. The Hall–Kier alpha value is -9.93. The standard InChI is InChI=1S/2C21H24ClNO5.C20H23ClN2O6.C19H22ClN3O6/c1-13-7-16(10-17(22)8-13)15-5-3-14(4-6-15)9-18(19(24)11-21(26)27)23-20(25)12-28-2;1-13-7-16(10-17(22)8-13)15-5-3-14(4-6-15)9-18(11-19(24)21(26)27)23-20(25)12-28-2;1-11-5-13(7-14(21)6-11)12-3-4-15(22-9-12)8-16(23-17(24)10-29-2)18(25)19(26)20(27)28;1-10-3-11(5-13(20)4-10)12-7-21-15(22-8-12)6-14(23-16(24)9-29-2)17(25)18(26)19(27)28/h2*3-8,10,18-19,24H,9,11-12H2,1-2H3,(H,23,25)(H,26,27);3-7,9,16,18-19,25-26H,8,10H2,1-2H3,(H,23,24)(H,27,28);3-5,7-8,14,17-18,25-26H,6,9H2,1-2H3,(H,23,24)(H,27,28)/t2*18-,19?;16-,18-,19+;14-,17-,18+/m0000/s1. The van der Waals surface area contributed by atoms with Crippen molar-refractivity contribution in [3.8, 4) is 44.5 Å². The molecule has 612 valence electrons. The Morgan fingerprint density at radius 1 is 0.377 bits per heavy atom. The number of aliphatic carboxylic acids is 4. The number of carboxylic acids is 4. The van der Waals surface area contributed by atoms with Crippen molar-refractivity contribution in [2.24, 2.45) is 0 Å². The van der Waals surface area contributed by atoms with E-state index < -0.39 is 109 Å². The molecular formula is C81H93Cl4N7O22. The Labute approximate surface area is 678 Å². The second-order valence-electron chi connectivity index (χ2n) is 26.5. The fourth-order valence-corrected chi connectivity index (χ4v) is 12.7. The molecule has 114 heavy (non-hydrogen) atoms. The van der Waals surface area contributed by atoms with Gasteiger partial charge in [-0.05, 0) is 162 Å². The maximum atomic E-state index is 11.8. The Balaban J connectivity index is 0.000000271. The second-order valence-corrected chi connectivity index (χ2v) is 28.3. The van der Waals surface area contributed by atoms with Gasteiger partial charge in [0.05, 0.1) is 30.7 Å². The first-order valence-electron chi connectivity index (χ1n) is 35.1. The number of hydrogen-bond donors (Lipinski definition) is 14. The van der Waals surface area contributed by atoms with Crippen molar-refractivity contribution in [1.29, 1.82) is 0 Å². The Bertz CT molecular complexity index is 4270. The predicted octanol–water partition coefficient (Wildman–Crippen LogP) is 7.43. The maximum Gasteiger partial charge on any atom is 0.335 e. The molecule has 0 saturated carbocycles. The molecule has 0 fully saturated rings. The first kappa shape index (κ1) is 94.7. The van der Waals surface area contributed by atoms with Crippen LogP contribution in [-0.4, -0.2) is 229 Å². The number of carboxylic acid groups (broad SMARTS) is 4. The first-order valence-corrected chi connectivity index (χ1v) is 36.7. The maximum absolute atomic E-state index is 11.8. The van der Waals surface area contributed by atoms with Gasteiger partial charge in [0.2, 0.25) is 23.6 Å². The molecule has 2 unspecified atom stereocenters. The van der Waals surface area contributed by atoms with E-state index >= 15 is 0 Å². The van der Waals surface area contributed by atoms with E-state index in [0.717, 1.165) is 72.3 Å². The highest BCUT2D eigenvalue weighted by Gasteiger charge is 2.35. The Kier molecular flexibility index (Phi) is 39.6. The van der Waals surface area contributed by atoms with E-state index in [-0.39, 0.29) is 57.4 Å². The highest BCUT2D eigenvalue weighted by Crippen LogP contribution is 2.30. The van der Waals surface area contributed by atoms with Crippen LogP contribution in [0.15, 0.2) is 152 Å². The lowest BCUT2D eigenvalue weighted by atomic mass is 9.96. The highest BCUT2D eigenvalue weighted by atomic mass is 35.5. The number of nitrogens with zero attached hydrogens (tertiary/aromatic N) is 3. The molecule has 2 aromatic heterocycles. The summed E-state index contributed by atoms with van der Waals surface area (Å²) in [6.07, 6.45) is -5.66. The van der Waals surface area contributed by atoms with E-state index in [9.17, 15) is 69.0 Å². The summed E-state index contributed by atoms with van der Waals surface area (Å²) in [5.74, 6) is -7.34. The first-order chi connectivity index (χ1) is 54.0. The minimum Gasteiger partial charge on any atom is -0.481 e. The number of rotatable bonds is 36. The summed E-state index contributed by atoms with van der Waals surface area (Å²) in [7, 11) is 5.43. The molecule has 0 radical (unpaired) electrons.